The zero-order valence-corrected chi connectivity index (χ0v) is 8.45. The molecule has 0 spiro atoms. The van der Waals surface area contributed by atoms with Crippen LogP contribution in [0.1, 0.15) is 0 Å². The van der Waals surface area contributed by atoms with Gasteiger partial charge in [0.2, 0.25) is 0 Å². The summed E-state index contributed by atoms with van der Waals surface area (Å²) in [5.74, 6) is -1.28. The number of nitrogens with one attached hydrogen (secondary N) is 2. The number of hydrogen-bond acceptors (Lipinski definition) is 4. The van der Waals surface area contributed by atoms with Crippen molar-refractivity contribution in [3.8, 4) is 0 Å². The lowest BCUT2D eigenvalue weighted by Gasteiger charge is -2.11. The van der Waals surface area contributed by atoms with E-state index in [0.717, 1.165) is 0 Å². The van der Waals surface area contributed by atoms with Gasteiger partial charge in [-0.05, 0) is 11.4 Å². The third-order valence-corrected chi connectivity index (χ3v) is 2.25. The number of carbonyl (C=O) groups excluding carboxylic acids is 1. The van der Waals surface area contributed by atoms with Gasteiger partial charge in [0, 0.05) is 5.38 Å². The van der Waals surface area contributed by atoms with Crippen LogP contribution in [0.15, 0.2) is 16.8 Å². The van der Waals surface area contributed by atoms with E-state index < -0.39 is 24.6 Å². The van der Waals surface area contributed by atoms with E-state index in [1.807, 2.05) is 0 Å². The first-order valence-electron chi connectivity index (χ1n) is 4.07. The molecule has 0 aliphatic rings. The van der Waals surface area contributed by atoms with E-state index in [0.29, 0.717) is 5.69 Å². The Hall–Kier alpha value is -1.60. The minimum atomic E-state index is -1.29. The monoisotopic (exact) mass is 230 g/mol. The maximum atomic E-state index is 11.2. The Morgan fingerprint density at radius 2 is 2.27 bits per heavy atom. The molecular formula is C8H10N2O4S. The summed E-state index contributed by atoms with van der Waals surface area (Å²) in [4.78, 5) is 21.7. The molecule has 0 fully saturated rings. The molecule has 1 aromatic rings. The number of urea groups is 1. The van der Waals surface area contributed by atoms with Crippen molar-refractivity contribution in [2.45, 2.75) is 6.04 Å². The third kappa shape index (κ3) is 3.56. The van der Waals surface area contributed by atoms with Crippen LogP contribution in [-0.4, -0.2) is 34.9 Å². The Morgan fingerprint density at radius 3 is 2.73 bits per heavy atom. The van der Waals surface area contributed by atoms with Crippen LogP contribution in [0.25, 0.3) is 0 Å². The first kappa shape index (κ1) is 11.5. The molecule has 1 heterocycles. The quantitative estimate of drug-likeness (QED) is 0.598. The largest absolute Gasteiger partial charge is 0.480 e. The zero-order valence-electron chi connectivity index (χ0n) is 7.64. The molecule has 82 valence electrons. The highest BCUT2D eigenvalue weighted by Gasteiger charge is 2.18. The molecule has 0 bridgehead atoms. The van der Waals surface area contributed by atoms with Crippen molar-refractivity contribution < 1.29 is 19.8 Å². The van der Waals surface area contributed by atoms with Crippen molar-refractivity contribution in [1.82, 2.24) is 5.32 Å². The molecule has 0 radical (unpaired) electrons. The Labute approximate surface area is 89.5 Å². The molecule has 0 aliphatic carbocycles. The summed E-state index contributed by atoms with van der Waals surface area (Å²) in [6.07, 6.45) is 0. The van der Waals surface area contributed by atoms with Crippen molar-refractivity contribution in [3.63, 3.8) is 0 Å². The van der Waals surface area contributed by atoms with Crippen LogP contribution < -0.4 is 10.6 Å². The Kier molecular flexibility index (Phi) is 4.07. The molecule has 1 aromatic heterocycles. The SMILES string of the molecule is O=C(Nc1ccsc1)N[C@@H](CO)C(=O)O. The molecule has 4 N–H and O–H groups in total. The van der Waals surface area contributed by atoms with E-state index in [9.17, 15) is 9.59 Å². The number of anilines is 1. The molecule has 1 atom stereocenters. The van der Waals surface area contributed by atoms with Crippen LogP contribution in [0, 0.1) is 0 Å². The number of hydrogen-bond donors (Lipinski definition) is 4. The van der Waals surface area contributed by atoms with Gasteiger partial charge in [-0.15, -0.1) is 0 Å². The van der Waals surface area contributed by atoms with Gasteiger partial charge in [0.05, 0.1) is 12.3 Å². The minimum absolute atomic E-state index is 0.583. The summed E-state index contributed by atoms with van der Waals surface area (Å²) in [5.41, 5.74) is 0.583. The fourth-order valence-corrected chi connectivity index (χ4v) is 1.43. The number of thiophene rings is 1. The van der Waals surface area contributed by atoms with E-state index in [-0.39, 0.29) is 0 Å². The molecular weight excluding hydrogens is 220 g/mol. The predicted octanol–water partition coefficient (Wildman–Crippen LogP) is 0.315. The normalized spacial score (nSPS) is 11.8. The van der Waals surface area contributed by atoms with Crippen molar-refractivity contribution >= 4 is 29.0 Å². The molecule has 0 saturated heterocycles. The predicted molar refractivity (Wildman–Crippen MR) is 55.0 cm³/mol. The smallest absolute Gasteiger partial charge is 0.328 e. The topological polar surface area (TPSA) is 98.7 Å². The standard InChI is InChI=1S/C8H10N2O4S/c11-3-6(7(12)13)10-8(14)9-5-1-2-15-4-5/h1-2,4,6,11H,3H2,(H,12,13)(H2,9,10,14)/t6-/m0/s1. The molecule has 0 aromatic carbocycles. The van der Waals surface area contributed by atoms with Crippen LogP contribution in [0.4, 0.5) is 10.5 Å². The molecule has 15 heavy (non-hydrogen) atoms. The van der Waals surface area contributed by atoms with Gasteiger partial charge in [-0.2, -0.15) is 11.3 Å². The molecule has 0 unspecified atom stereocenters. The Bertz CT molecular complexity index is 338. The summed E-state index contributed by atoms with van der Waals surface area (Å²) < 4.78 is 0. The number of aliphatic carboxylic acids is 1. The fraction of sp³-hybridized carbons (Fsp3) is 0.250. The number of amides is 2. The van der Waals surface area contributed by atoms with Gasteiger partial charge < -0.3 is 20.8 Å². The lowest BCUT2D eigenvalue weighted by atomic mass is 10.3. The maximum absolute atomic E-state index is 11.2. The summed E-state index contributed by atoms with van der Waals surface area (Å²) in [7, 11) is 0. The van der Waals surface area contributed by atoms with E-state index in [2.05, 4.69) is 10.6 Å². The highest BCUT2D eigenvalue weighted by molar-refractivity contribution is 7.08. The van der Waals surface area contributed by atoms with Gasteiger partial charge in [-0.25, -0.2) is 9.59 Å². The van der Waals surface area contributed by atoms with Gasteiger partial charge in [0.25, 0.3) is 0 Å². The second kappa shape index (κ2) is 5.32. The van der Waals surface area contributed by atoms with E-state index in [1.165, 1.54) is 11.3 Å². The average molecular weight is 230 g/mol. The summed E-state index contributed by atoms with van der Waals surface area (Å²) >= 11 is 1.40. The van der Waals surface area contributed by atoms with Crippen LogP contribution in [0.2, 0.25) is 0 Å². The van der Waals surface area contributed by atoms with Gasteiger partial charge >= 0.3 is 12.0 Å². The molecule has 7 heteroatoms. The number of rotatable bonds is 4. The lowest BCUT2D eigenvalue weighted by molar-refractivity contribution is -0.140. The van der Waals surface area contributed by atoms with Crippen molar-refractivity contribution in [1.29, 1.82) is 0 Å². The lowest BCUT2D eigenvalue weighted by Crippen LogP contribution is -2.45. The van der Waals surface area contributed by atoms with Crippen molar-refractivity contribution in [2.75, 3.05) is 11.9 Å². The summed E-state index contributed by atoms with van der Waals surface area (Å²) in [6.45, 7) is -0.646. The molecule has 1 rings (SSSR count). The van der Waals surface area contributed by atoms with Gasteiger partial charge in [0.1, 0.15) is 0 Å². The Morgan fingerprint density at radius 1 is 1.53 bits per heavy atom. The van der Waals surface area contributed by atoms with Crippen LogP contribution in [0.3, 0.4) is 0 Å². The highest BCUT2D eigenvalue weighted by atomic mass is 32.1. The number of carboxylic acid groups (broad SMARTS) is 1. The van der Waals surface area contributed by atoms with Crippen LogP contribution >= 0.6 is 11.3 Å². The van der Waals surface area contributed by atoms with Gasteiger partial charge in [-0.3, -0.25) is 0 Å². The molecule has 6 nitrogen and oxygen atoms in total. The second-order valence-electron chi connectivity index (χ2n) is 2.68. The number of carbonyl (C=O) groups is 2. The maximum Gasteiger partial charge on any atom is 0.328 e. The fourth-order valence-electron chi connectivity index (χ4n) is 0.846. The van der Waals surface area contributed by atoms with E-state index in [1.54, 1.807) is 16.8 Å². The molecule has 0 saturated carbocycles. The number of carboxylic acids is 1. The zero-order chi connectivity index (χ0) is 11.3. The van der Waals surface area contributed by atoms with Crippen molar-refractivity contribution in [2.24, 2.45) is 0 Å². The molecule has 0 aliphatic heterocycles. The molecule has 2 amide bonds. The number of aliphatic hydroxyl groups excluding tert-OH is 1. The first-order valence-corrected chi connectivity index (χ1v) is 5.01. The number of aliphatic hydroxyl groups is 1. The van der Waals surface area contributed by atoms with E-state index >= 15 is 0 Å². The van der Waals surface area contributed by atoms with Crippen LogP contribution in [0.5, 0.6) is 0 Å². The highest BCUT2D eigenvalue weighted by Crippen LogP contribution is 2.11. The van der Waals surface area contributed by atoms with Crippen LogP contribution in [-0.2, 0) is 4.79 Å². The average Bonchev–Trinajstić information content (AvgIpc) is 2.66. The Balaban J connectivity index is 2.45. The van der Waals surface area contributed by atoms with Crippen molar-refractivity contribution in [3.05, 3.63) is 16.8 Å². The van der Waals surface area contributed by atoms with Gasteiger partial charge in [0.15, 0.2) is 6.04 Å². The second-order valence-corrected chi connectivity index (χ2v) is 3.46. The minimum Gasteiger partial charge on any atom is -0.480 e. The summed E-state index contributed by atoms with van der Waals surface area (Å²) in [6, 6.07) is -0.266. The van der Waals surface area contributed by atoms with E-state index in [4.69, 9.17) is 10.2 Å². The van der Waals surface area contributed by atoms with Gasteiger partial charge in [-0.1, -0.05) is 0 Å². The third-order valence-electron chi connectivity index (χ3n) is 1.57. The summed E-state index contributed by atoms with van der Waals surface area (Å²) in [5, 5.41) is 25.2. The first-order chi connectivity index (χ1) is 7.13.